The number of hydrogen-bond donors (Lipinski definition) is 2. The molecular formula is C15H22FNO. The van der Waals surface area contributed by atoms with Crippen LogP contribution in [0.2, 0.25) is 0 Å². The summed E-state index contributed by atoms with van der Waals surface area (Å²) in [6.45, 7) is 6.29. The van der Waals surface area contributed by atoms with Crippen LogP contribution in [0, 0.1) is 5.82 Å². The highest BCUT2D eigenvalue weighted by Crippen LogP contribution is 2.41. The van der Waals surface area contributed by atoms with Crippen molar-refractivity contribution in [1.29, 1.82) is 0 Å². The molecule has 2 nitrogen and oxygen atoms in total. The molecule has 1 unspecified atom stereocenters. The third-order valence-corrected chi connectivity index (χ3v) is 4.14. The minimum absolute atomic E-state index is 0.00223. The molecule has 1 saturated heterocycles. The Bertz CT molecular complexity index is 432. The lowest BCUT2D eigenvalue weighted by atomic mass is 9.84. The molecule has 0 bridgehead atoms. The maximum Gasteiger partial charge on any atom is 0.129 e. The van der Waals surface area contributed by atoms with E-state index in [1.807, 2.05) is 6.92 Å². The molecule has 1 aromatic rings. The van der Waals surface area contributed by atoms with Crippen LogP contribution >= 0.6 is 0 Å². The van der Waals surface area contributed by atoms with Crippen molar-refractivity contribution in [2.45, 2.75) is 57.2 Å². The predicted molar refractivity (Wildman–Crippen MR) is 70.8 cm³/mol. The molecule has 0 aliphatic carbocycles. The van der Waals surface area contributed by atoms with Crippen LogP contribution in [0.15, 0.2) is 24.3 Å². The SMILES string of the molecule is CCC1([C@@H](O)c2ccccc2F)CCC(C)(C)N1. The monoisotopic (exact) mass is 251 g/mol. The first kappa shape index (κ1) is 13.5. The summed E-state index contributed by atoms with van der Waals surface area (Å²) in [4.78, 5) is 0. The molecule has 0 radical (unpaired) electrons. The van der Waals surface area contributed by atoms with Crippen molar-refractivity contribution in [1.82, 2.24) is 5.32 Å². The van der Waals surface area contributed by atoms with E-state index >= 15 is 0 Å². The second kappa shape index (κ2) is 4.63. The fraction of sp³-hybridized carbons (Fsp3) is 0.600. The van der Waals surface area contributed by atoms with E-state index in [1.54, 1.807) is 18.2 Å². The van der Waals surface area contributed by atoms with Crippen LogP contribution < -0.4 is 5.32 Å². The molecule has 1 heterocycles. The van der Waals surface area contributed by atoms with Gasteiger partial charge in [-0.1, -0.05) is 25.1 Å². The van der Waals surface area contributed by atoms with Gasteiger partial charge in [0.05, 0.1) is 6.10 Å². The van der Waals surface area contributed by atoms with Crippen molar-refractivity contribution >= 4 is 0 Å². The molecule has 1 aliphatic rings. The maximum atomic E-state index is 13.8. The molecule has 0 aromatic heterocycles. The van der Waals surface area contributed by atoms with Crippen LogP contribution in [0.5, 0.6) is 0 Å². The Hall–Kier alpha value is -0.930. The normalized spacial score (nSPS) is 28.3. The molecule has 0 saturated carbocycles. The van der Waals surface area contributed by atoms with Crippen LogP contribution in [-0.2, 0) is 0 Å². The number of rotatable bonds is 3. The molecule has 0 amide bonds. The van der Waals surface area contributed by atoms with Gasteiger partial charge in [-0.25, -0.2) is 4.39 Å². The van der Waals surface area contributed by atoms with Gasteiger partial charge in [-0.05, 0) is 39.2 Å². The van der Waals surface area contributed by atoms with Gasteiger partial charge in [-0.15, -0.1) is 0 Å². The molecule has 1 aromatic carbocycles. The van der Waals surface area contributed by atoms with Crippen LogP contribution in [0.4, 0.5) is 4.39 Å². The molecule has 2 rings (SSSR count). The summed E-state index contributed by atoms with van der Waals surface area (Å²) in [7, 11) is 0. The number of aliphatic hydroxyl groups is 1. The zero-order valence-corrected chi connectivity index (χ0v) is 11.3. The zero-order chi connectivity index (χ0) is 13.4. The highest BCUT2D eigenvalue weighted by atomic mass is 19.1. The number of benzene rings is 1. The first-order valence-electron chi connectivity index (χ1n) is 6.62. The standard InChI is InChI=1S/C15H22FNO/c1-4-15(10-9-14(2,3)17-15)13(18)11-7-5-6-8-12(11)16/h5-8,13,17-18H,4,9-10H2,1-3H3/t13-,15?/m0/s1. The van der Waals surface area contributed by atoms with Crippen molar-refractivity contribution in [2.75, 3.05) is 0 Å². The van der Waals surface area contributed by atoms with Gasteiger partial charge >= 0.3 is 0 Å². The highest BCUT2D eigenvalue weighted by Gasteiger charge is 2.46. The quantitative estimate of drug-likeness (QED) is 0.865. The fourth-order valence-corrected chi connectivity index (χ4v) is 2.99. The average molecular weight is 251 g/mol. The number of halogens is 1. The highest BCUT2D eigenvalue weighted by molar-refractivity contribution is 5.25. The van der Waals surface area contributed by atoms with Crippen LogP contribution in [-0.4, -0.2) is 16.2 Å². The largest absolute Gasteiger partial charge is 0.386 e. The Morgan fingerprint density at radius 1 is 1.33 bits per heavy atom. The number of aliphatic hydroxyl groups excluding tert-OH is 1. The molecule has 1 aliphatic heterocycles. The van der Waals surface area contributed by atoms with Crippen molar-refractivity contribution in [2.24, 2.45) is 0 Å². The van der Waals surface area contributed by atoms with Gasteiger partial charge in [-0.2, -0.15) is 0 Å². The Morgan fingerprint density at radius 3 is 2.50 bits per heavy atom. The van der Waals surface area contributed by atoms with Gasteiger partial charge in [0.1, 0.15) is 5.82 Å². The summed E-state index contributed by atoms with van der Waals surface area (Å²) >= 11 is 0. The Kier molecular flexibility index (Phi) is 3.47. The van der Waals surface area contributed by atoms with E-state index < -0.39 is 11.6 Å². The van der Waals surface area contributed by atoms with E-state index in [4.69, 9.17) is 0 Å². The molecule has 1 fully saturated rings. The minimum Gasteiger partial charge on any atom is -0.386 e. The Labute approximate surface area is 108 Å². The minimum atomic E-state index is -0.800. The van der Waals surface area contributed by atoms with Crippen LogP contribution in [0.25, 0.3) is 0 Å². The third-order valence-electron chi connectivity index (χ3n) is 4.14. The first-order valence-corrected chi connectivity index (χ1v) is 6.62. The molecule has 0 spiro atoms. The molecule has 3 heteroatoms. The molecule has 18 heavy (non-hydrogen) atoms. The lowest BCUT2D eigenvalue weighted by Crippen LogP contribution is -2.51. The van der Waals surface area contributed by atoms with Gasteiger partial charge < -0.3 is 10.4 Å². The summed E-state index contributed by atoms with van der Waals surface area (Å²) in [6, 6.07) is 6.49. The average Bonchev–Trinajstić information content (AvgIpc) is 2.66. The van der Waals surface area contributed by atoms with Gasteiger partial charge in [-0.3, -0.25) is 0 Å². The second-order valence-electron chi connectivity index (χ2n) is 5.94. The summed E-state index contributed by atoms with van der Waals surface area (Å²) < 4.78 is 13.8. The topological polar surface area (TPSA) is 32.3 Å². The maximum absolute atomic E-state index is 13.8. The predicted octanol–water partition coefficient (Wildman–Crippen LogP) is 3.17. The first-order chi connectivity index (χ1) is 8.40. The number of nitrogens with one attached hydrogen (secondary N) is 1. The van der Waals surface area contributed by atoms with Crippen molar-refractivity contribution in [3.05, 3.63) is 35.6 Å². The van der Waals surface area contributed by atoms with Crippen molar-refractivity contribution in [3.8, 4) is 0 Å². The zero-order valence-electron chi connectivity index (χ0n) is 11.3. The van der Waals surface area contributed by atoms with E-state index in [0.29, 0.717) is 5.56 Å². The van der Waals surface area contributed by atoms with Crippen molar-refractivity contribution in [3.63, 3.8) is 0 Å². The molecular weight excluding hydrogens is 229 g/mol. The fourth-order valence-electron chi connectivity index (χ4n) is 2.99. The smallest absolute Gasteiger partial charge is 0.129 e. The Balaban J connectivity index is 2.32. The van der Waals surface area contributed by atoms with E-state index in [1.165, 1.54) is 6.07 Å². The van der Waals surface area contributed by atoms with Crippen molar-refractivity contribution < 1.29 is 9.50 Å². The van der Waals surface area contributed by atoms with Gasteiger partial charge in [0, 0.05) is 16.6 Å². The second-order valence-corrected chi connectivity index (χ2v) is 5.94. The summed E-state index contributed by atoms with van der Waals surface area (Å²) in [5.41, 5.74) is -0.0157. The van der Waals surface area contributed by atoms with E-state index in [2.05, 4.69) is 19.2 Å². The Morgan fingerprint density at radius 2 is 2.00 bits per heavy atom. The molecule has 2 atom stereocenters. The van der Waals surface area contributed by atoms with Gasteiger partial charge in [0.15, 0.2) is 0 Å². The van der Waals surface area contributed by atoms with E-state index in [-0.39, 0.29) is 11.4 Å². The summed E-state index contributed by atoms with van der Waals surface area (Å²) in [5, 5.41) is 14.1. The summed E-state index contributed by atoms with van der Waals surface area (Å²) in [6.07, 6.45) is 1.84. The van der Waals surface area contributed by atoms with E-state index in [0.717, 1.165) is 19.3 Å². The van der Waals surface area contributed by atoms with Crippen LogP contribution in [0.3, 0.4) is 0 Å². The van der Waals surface area contributed by atoms with Gasteiger partial charge in [0.25, 0.3) is 0 Å². The van der Waals surface area contributed by atoms with E-state index in [9.17, 15) is 9.50 Å². The van der Waals surface area contributed by atoms with Gasteiger partial charge in [0.2, 0.25) is 0 Å². The summed E-state index contributed by atoms with van der Waals surface area (Å²) in [5.74, 6) is -0.329. The lowest BCUT2D eigenvalue weighted by Gasteiger charge is -2.36. The third kappa shape index (κ3) is 2.29. The number of hydrogen-bond acceptors (Lipinski definition) is 2. The lowest BCUT2D eigenvalue weighted by molar-refractivity contribution is 0.0572. The molecule has 100 valence electrons. The molecule has 2 N–H and O–H groups in total. The van der Waals surface area contributed by atoms with Crippen LogP contribution in [0.1, 0.15) is 51.7 Å².